The normalized spacial score (nSPS) is 16.7. The Morgan fingerprint density at radius 2 is 1.91 bits per heavy atom. The van der Waals surface area contributed by atoms with Gasteiger partial charge in [-0.05, 0) is 43.1 Å². The molecule has 1 saturated heterocycles. The summed E-state index contributed by atoms with van der Waals surface area (Å²) in [4.78, 5) is 6.57. The van der Waals surface area contributed by atoms with Gasteiger partial charge in [-0.1, -0.05) is 30.3 Å². The molecule has 1 aliphatic heterocycles. The first-order chi connectivity index (χ1) is 10.8. The molecule has 0 saturated carbocycles. The smallest absolute Gasteiger partial charge is 0.0546 e. The SMILES string of the molecule is Nc1cnccc1CNC1CCN(Cc2ccccc2)CC1. The highest BCUT2D eigenvalue weighted by Crippen LogP contribution is 2.15. The molecule has 4 nitrogen and oxygen atoms in total. The molecule has 4 heteroatoms. The van der Waals surface area contributed by atoms with Gasteiger partial charge in [0.05, 0.1) is 11.9 Å². The number of benzene rings is 1. The second-order valence-electron chi connectivity index (χ2n) is 5.99. The van der Waals surface area contributed by atoms with Crippen molar-refractivity contribution in [2.45, 2.75) is 32.0 Å². The first-order valence-electron chi connectivity index (χ1n) is 7.99. The third-order valence-corrected chi connectivity index (χ3v) is 4.36. The van der Waals surface area contributed by atoms with E-state index in [1.807, 2.05) is 6.07 Å². The molecule has 0 bridgehead atoms. The van der Waals surface area contributed by atoms with Crippen molar-refractivity contribution in [1.29, 1.82) is 0 Å². The zero-order valence-corrected chi connectivity index (χ0v) is 12.9. The van der Waals surface area contributed by atoms with Crippen LogP contribution in [0.25, 0.3) is 0 Å². The molecule has 0 unspecified atom stereocenters. The van der Waals surface area contributed by atoms with Gasteiger partial charge in [-0.3, -0.25) is 9.88 Å². The molecule has 22 heavy (non-hydrogen) atoms. The van der Waals surface area contributed by atoms with Crippen molar-refractivity contribution in [3.63, 3.8) is 0 Å². The number of hydrogen-bond donors (Lipinski definition) is 2. The molecule has 1 fully saturated rings. The number of pyridine rings is 1. The fourth-order valence-corrected chi connectivity index (χ4v) is 2.99. The van der Waals surface area contributed by atoms with Crippen LogP contribution in [0.3, 0.4) is 0 Å². The topological polar surface area (TPSA) is 54.2 Å². The van der Waals surface area contributed by atoms with E-state index in [4.69, 9.17) is 5.73 Å². The Bertz CT molecular complexity index is 577. The lowest BCUT2D eigenvalue weighted by Gasteiger charge is -2.32. The molecule has 0 atom stereocenters. The van der Waals surface area contributed by atoms with Crippen LogP contribution in [-0.4, -0.2) is 29.0 Å². The van der Waals surface area contributed by atoms with Gasteiger partial charge in [0, 0.05) is 25.3 Å². The van der Waals surface area contributed by atoms with Crippen molar-refractivity contribution in [1.82, 2.24) is 15.2 Å². The Morgan fingerprint density at radius 1 is 1.14 bits per heavy atom. The van der Waals surface area contributed by atoms with E-state index in [0.717, 1.165) is 37.4 Å². The van der Waals surface area contributed by atoms with Crippen molar-refractivity contribution in [2.24, 2.45) is 0 Å². The minimum Gasteiger partial charge on any atom is -0.397 e. The van der Waals surface area contributed by atoms with Crippen molar-refractivity contribution < 1.29 is 0 Å². The molecule has 1 aliphatic rings. The molecule has 0 radical (unpaired) electrons. The quantitative estimate of drug-likeness (QED) is 0.890. The molecule has 3 N–H and O–H groups in total. The summed E-state index contributed by atoms with van der Waals surface area (Å²) in [5, 5.41) is 3.63. The highest BCUT2D eigenvalue weighted by Gasteiger charge is 2.18. The highest BCUT2D eigenvalue weighted by atomic mass is 15.1. The number of piperidine rings is 1. The zero-order valence-electron chi connectivity index (χ0n) is 12.9. The summed E-state index contributed by atoms with van der Waals surface area (Å²) in [5.41, 5.74) is 9.25. The lowest BCUT2D eigenvalue weighted by atomic mass is 10.0. The summed E-state index contributed by atoms with van der Waals surface area (Å²) >= 11 is 0. The van der Waals surface area contributed by atoms with Gasteiger partial charge in [0.1, 0.15) is 0 Å². The van der Waals surface area contributed by atoms with Crippen LogP contribution in [-0.2, 0) is 13.1 Å². The van der Waals surface area contributed by atoms with Crippen LogP contribution in [0.2, 0.25) is 0 Å². The van der Waals surface area contributed by atoms with Crippen molar-refractivity contribution in [2.75, 3.05) is 18.8 Å². The van der Waals surface area contributed by atoms with Gasteiger partial charge in [-0.15, -0.1) is 0 Å². The van der Waals surface area contributed by atoms with Gasteiger partial charge >= 0.3 is 0 Å². The Balaban J connectivity index is 1.43. The molecule has 2 aromatic rings. The average molecular weight is 296 g/mol. The second kappa shape index (κ2) is 7.38. The van der Waals surface area contributed by atoms with E-state index in [9.17, 15) is 0 Å². The molecule has 116 valence electrons. The summed E-state index contributed by atoms with van der Waals surface area (Å²) < 4.78 is 0. The fraction of sp³-hybridized carbons (Fsp3) is 0.389. The lowest BCUT2D eigenvalue weighted by molar-refractivity contribution is 0.190. The predicted molar refractivity (Wildman–Crippen MR) is 90.2 cm³/mol. The largest absolute Gasteiger partial charge is 0.397 e. The maximum Gasteiger partial charge on any atom is 0.0546 e. The number of nitrogens with one attached hydrogen (secondary N) is 1. The Kier molecular flexibility index (Phi) is 5.03. The zero-order chi connectivity index (χ0) is 15.2. The van der Waals surface area contributed by atoms with Gasteiger partial charge < -0.3 is 11.1 Å². The fourth-order valence-electron chi connectivity index (χ4n) is 2.99. The van der Waals surface area contributed by atoms with Gasteiger partial charge in [-0.2, -0.15) is 0 Å². The molecule has 0 aliphatic carbocycles. The molecular weight excluding hydrogens is 272 g/mol. The number of nitrogens with two attached hydrogens (primary N) is 1. The molecule has 0 spiro atoms. The number of nitrogens with zero attached hydrogens (tertiary/aromatic N) is 2. The molecule has 0 amide bonds. The minimum absolute atomic E-state index is 0.583. The van der Waals surface area contributed by atoms with E-state index in [1.54, 1.807) is 12.4 Å². The summed E-state index contributed by atoms with van der Waals surface area (Å²) in [5.74, 6) is 0. The molecular formula is C18H24N4. The predicted octanol–water partition coefficient (Wildman–Crippen LogP) is 2.42. The van der Waals surface area contributed by atoms with Crippen LogP contribution in [0.1, 0.15) is 24.0 Å². The van der Waals surface area contributed by atoms with Crippen molar-refractivity contribution in [3.05, 3.63) is 59.9 Å². The molecule has 3 rings (SSSR count). The highest BCUT2D eigenvalue weighted by molar-refractivity contribution is 5.43. The first kappa shape index (κ1) is 15.0. The molecule has 1 aromatic carbocycles. The number of nitrogen functional groups attached to an aromatic ring is 1. The molecule has 2 heterocycles. The van der Waals surface area contributed by atoms with E-state index in [1.165, 1.54) is 18.4 Å². The van der Waals surface area contributed by atoms with Crippen LogP contribution in [0, 0.1) is 0 Å². The van der Waals surface area contributed by atoms with Crippen LogP contribution in [0.5, 0.6) is 0 Å². The Labute approximate surface area is 132 Å². The van der Waals surface area contributed by atoms with E-state index in [-0.39, 0.29) is 0 Å². The molecule has 1 aromatic heterocycles. The first-order valence-corrected chi connectivity index (χ1v) is 7.99. The van der Waals surface area contributed by atoms with E-state index < -0.39 is 0 Å². The second-order valence-corrected chi connectivity index (χ2v) is 5.99. The Hall–Kier alpha value is -1.91. The third kappa shape index (κ3) is 4.06. The van der Waals surface area contributed by atoms with Gasteiger partial charge in [0.15, 0.2) is 0 Å². The maximum atomic E-state index is 5.93. The summed E-state index contributed by atoms with van der Waals surface area (Å²) in [6.07, 6.45) is 5.91. The van der Waals surface area contributed by atoms with Gasteiger partial charge in [-0.25, -0.2) is 0 Å². The summed E-state index contributed by atoms with van der Waals surface area (Å²) in [6, 6.07) is 13.3. The lowest BCUT2D eigenvalue weighted by Crippen LogP contribution is -2.41. The van der Waals surface area contributed by atoms with Gasteiger partial charge in [0.2, 0.25) is 0 Å². The number of likely N-dealkylation sites (tertiary alicyclic amines) is 1. The number of rotatable bonds is 5. The van der Waals surface area contributed by atoms with E-state index in [2.05, 4.69) is 45.5 Å². The maximum absolute atomic E-state index is 5.93. The van der Waals surface area contributed by atoms with Crippen LogP contribution < -0.4 is 11.1 Å². The third-order valence-electron chi connectivity index (χ3n) is 4.36. The number of aromatic nitrogens is 1. The van der Waals surface area contributed by atoms with E-state index in [0.29, 0.717) is 6.04 Å². The summed E-state index contributed by atoms with van der Waals surface area (Å²) in [6.45, 7) is 4.19. The monoisotopic (exact) mass is 296 g/mol. The summed E-state index contributed by atoms with van der Waals surface area (Å²) in [7, 11) is 0. The van der Waals surface area contributed by atoms with Crippen molar-refractivity contribution >= 4 is 5.69 Å². The van der Waals surface area contributed by atoms with Crippen molar-refractivity contribution in [3.8, 4) is 0 Å². The average Bonchev–Trinajstić information content (AvgIpc) is 2.56. The van der Waals surface area contributed by atoms with Gasteiger partial charge in [0.25, 0.3) is 0 Å². The standard InChI is InChI=1S/C18H24N4/c19-18-13-20-9-6-16(18)12-21-17-7-10-22(11-8-17)14-15-4-2-1-3-5-15/h1-6,9,13,17,21H,7-8,10-12,14,19H2. The number of anilines is 1. The number of hydrogen-bond acceptors (Lipinski definition) is 4. The minimum atomic E-state index is 0.583. The van der Waals surface area contributed by atoms with Crippen LogP contribution in [0.4, 0.5) is 5.69 Å². The Morgan fingerprint density at radius 3 is 2.64 bits per heavy atom. The van der Waals surface area contributed by atoms with Crippen LogP contribution in [0.15, 0.2) is 48.8 Å². The van der Waals surface area contributed by atoms with E-state index >= 15 is 0 Å². The van der Waals surface area contributed by atoms with Crippen LogP contribution >= 0.6 is 0 Å².